The molecule has 2 heteroatoms. The summed E-state index contributed by atoms with van der Waals surface area (Å²) in [5.74, 6) is 0. The van der Waals surface area contributed by atoms with Crippen molar-refractivity contribution in [3.8, 4) is 55.6 Å². The summed E-state index contributed by atoms with van der Waals surface area (Å²) in [6.07, 6.45) is 0. The zero-order valence-corrected chi connectivity index (χ0v) is 24.0. The van der Waals surface area contributed by atoms with Crippen molar-refractivity contribution in [2.24, 2.45) is 0 Å². The average Bonchev–Trinajstić information content (AvgIpc) is 3.44. The first-order chi connectivity index (χ1) is 21.8. The molecular weight excluding hydrogens is 529 g/mol. The Morgan fingerprint density at radius 3 is 1.66 bits per heavy atom. The molecule has 0 spiro atoms. The topological polar surface area (TPSA) is 4.93 Å². The van der Waals surface area contributed by atoms with Crippen LogP contribution in [0, 0.1) is 0 Å². The maximum atomic E-state index is 2.64. The van der Waals surface area contributed by atoms with E-state index < -0.39 is 0 Å². The lowest BCUT2D eigenvalue weighted by Crippen LogP contribution is -2.53. The second kappa shape index (κ2) is 8.95. The van der Waals surface area contributed by atoms with E-state index in [0.29, 0.717) is 0 Å². The Morgan fingerprint density at radius 1 is 0.318 bits per heavy atom. The molecule has 7 aromatic carbocycles. The molecular formula is C42H26BN. The predicted molar refractivity (Wildman–Crippen MR) is 187 cm³/mol. The van der Waals surface area contributed by atoms with Crippen molar-refractivity contribution >= 4 is 39.6 Å². The maximum absolute atomic E-state index is 2.64. The van der Waals surface area contributed by atoms with Gasteiger partial charge in [0.05, 0.1) is 0 Å². The van der Waals surface area contributed by atoms with Gasteiger partial charge in [0.25, 0.3) is 0 Å². The molecule has 0 N–H and O–H groups in total. The van der Waals surface area contributed by atoms with Gasteiger partial charge >= 0.3 is 6.85 Å². The van der Waals surface area contributed by atoms with E-state index in [2.05, 4.69) is 162 Å². The second-order valence-electron chi connectivity index (χ2n) is 12.1. The van der Waals surface area contributed by atoms with E-state index in [4.69, 9.17) is 0 Å². The molecule has 0 radical (unpaired) electrons. The van der Waals surface area contributed by atoms with Gasteiger partial charge in [0.2, 0.25) is 0 Å². The molecule has 1 aromatic heterocycles. The summed E-state index contributed by atoms with van der Waals surface area (Å²) in [5, 5.41) is 2.65. The molecule has 1 nitrogen and oxygen atoms in total. The Labute approximate surface area is 256 Å². The highest BCUT2D eigenvalue weighted by atomic mass is 14.9. The summed E-state index contributed by atoms with van der Waals surface area (Å²) in [6.45, 7) is 0.164. The average molecular weight is 555 g/mol. The van der Waals surface area contributed by atoms with E-state index in [9.17, 15) is 0 Å². The maximum Gasteiger partial charge on any atom is 0.329 e. The molecule has 0 bridgehead atoms. The third kappa shape index (κ3) is 3.20. The van der Waals surface area contributed by atoms with Crippen molar-refractivity contribution < 1.29 is 0 Å². The number of nitrogens with zero attached hydrogens (tertiary/aromatic N) is 1. The number of hydrogen-bond donors (Lipinski definition) is 0. The third-order valence-electron chi connectivity index (χ3n) is 9.79. The first-order valence-electron chi connectivity index (χ1n) is 15.4. The monoisotopic (exact) mass is 555 g/mol. The Bertz CT molecular complexity index is 2440. The Kier molecular flexibility index (Phi) is 4.87. The SMILES string of the molecule is c1ccc(-c2ccc(-c3ccccc3)c(-c3cc4c5c(c3)c3cccc6c3n5B(c3ccccc3-6)c3ccccc3-4)c2)cc1. The number of aromatic nitrogens is 1. The van der Waals surface area contributed by atoms with Crippen LogP contribution in [-0.2, 0) is 0 Å². The van der Waals surface area contributed by atoms with Crippen LogP contribution in [-0.4, -0.2) is 11.3 Å². The van der Waals surface area contributed by atoms with E-state index >= 15 is 0 Å². The van der Waals surface area contributed by atoms with Crippen molar-refractivity contribution in [1.82, 2.24) is 4.48 Å². The zero-order chi connectivity index (χ0) is 28.8. The van der Waals surface area contributed by atoms with Crippen LogP contribution >= 0.6 is 0 Å². The van der Waals surface area contributed by atoms with Gasteiger partial charge in [-0.05, 0) is 73.6 Å². The highest BCUT2D eigenvalue weighted by Crippen LogP contribution is 2.47. The number of para-hydroxylation sites is 1. The van der Waals surface area contributed by atoms with E-state index in [1.165, 1.54) is 88.4 Å². The molecule has 2 aliphatic heterocycles. The van der Waals surface area contributed by atoms with Crippen LogP contribution in [0.1, 0.15) is 0 Å². The molecule has 0 atom stereocenters. The first-order valence-corrected chi connectivity index (χ1v) is 15.4. The zero-order valence-electron chi connectivity index (χ0n) is 24.0. The standard InChI is InChI=1S/C42H26BN/c1-3-12-27(13-4-1)29-22-23-31(28-14-5-2-6-15-28)36(24-29)30-25-37-33-17-8-10-21-40(33)43-39-20-9-7-16-32(39)34-18-11-19-35-38(26-30)42(37)44(43)41(34)35/h1-26H. The lowest BCUT2D eigenvalue weighted by atomic mass is 9.45. The smallest absolute Gasteiger partial charge is 0.329 e. The Morgan fingerprint density at radius 2 is 0.909 bits per heavy atom. The molecule has 10 rings (SSSR count). The van der Waals surface area contributed by atoms with Crippen LogP contribution in [0.2, 0.25) is 0 Å². The predicted octanol–water partition coefficient (Wildman–Crippen LogP) is 9.41. The number of fused-ring (bicyclic) bond motifs is 7. The van der Waals surface area contributed by atoms with Crippen molar-refractivity contribution in [1.29, 1.82) is 0 Å². The van der Waals surface area contributed by atoms with Gasteiger partial charge in [0, 0.05) is 32.9 Å². The quantitative estimate of drug-likeness (QED) is 0.192. The minimum Gasteiger partial charge on any atom is -0.375 e. The molecule has 0 fully saturated rings. The summed E-state index contributed by atoms with van der Waals surface area (Å²) >= 11 is 0. The normalized spacial score (nSPS) is 12.5. The minimum absolute atomic E-state index is 0.164. The molecule has 3 heterocycles. The fraction of sp³-hybridized carbons (Fsp3) is 0. The highest BCUT2D eigenvalue weighted by molar-refractivity contribution is 6.88. The summed E-state index contributed by atoms with van der Waals surface area (Å²) in [4.78, 5) is 0. The number of benzene rings is 7. The van der Waals surface area contributed by atoms with Crippen molar-refractivity contribution in [2.75, 3.05) is 0 Å². The Balaban J connectivity index is 1.34. The van der Waals surface area contributed by atoms with Crippen LogP contribution in [0.15, 0.2) is 158 Å². The van der Waals surface area contributed by atoms with Crippen LogP contribution in [0.5, 0.6) is 0 Å². The summed E-state index contributed by atoms with van der Waals surface area (Å²) in [7, 11) is 0. The minimum atomic E-state index is 0.164. The molecule has 0 aliphatic carbocycles. The lowest BCUT2D eigenvalue weighted by Gasteiger charge is -2.32. The van der Waals surface area contributed by atoms with E-state index in [1.54, 1.807) is 0 Å². The largest absolute Gasteiger partial charge is 0.375 e. The molecule has 0 saturated heterocycles. The first kappa shape index (κ1) is 23.9. The summed E-state index contributed by atoms with van der Waals surface area (Å²) in [6, 6.07) is 58.3. The molecule has 0 amide bonds. The van der Waals surface area contributed by atoms with Crippen molar-refractivity contribution in [3.05, 3.63) is 158 Å². The highest BCUT2D eigenvalue weighted by Gasteiger charge is 2.39. The van der Waals surface area contributed by atoms with Crippen LogP contribution in [0.3, 0.4) is 0 Å². The molecule has 0 unspecified atom stereocenters. The third-order valence-corrected chi connectivity index (χ3v) is 9.79. The van der Waals surface area contributed by atoms with Gasteiger partial charge in [-0.1, -0.05) is 140 Å². The van der Waals surface area contributed by atoms with E-state index in [1.807, 2.05) is 0 Å². The van der Waals surface area contributed by atoms with Crippen molar-refractivity contribution in [3.63, 3.8) is 0 Å². The van der Waals surface area contributed by atoms with Crippen molar-refractivity contribution in [2.45, 2.75) is 0 Å². The Hall–Kier alpha value is -5.60. The summed E-state index contributed by atoms with van der Waals surface area (Å²) < 4.78 is 2.64. The van der Waals surface area contributed by atoms with Crippen LogP contribution in [0.4, 0.5) is 0 Å². The van der Waals surface area contributed by atoms with Gasteiger partial charge in [0.15, 0.2) is 0 Å². The van der Waals surface area contributed by atoms with Gasteiger partial charge in [-0.25, -0.2) is 0 Å². The van der Waals surface area contributed by atoms with Gasteiger partial charge < -0.3 is 4.48 Å². The molecule has 0 saturated carbocycles. The molecule has 8 aromatic rings. The van der Waals surface area contributed by atoms with Gasteiger partial charge in [-0.15, -0.1) is 0 Å². The molecule has 44 heavy (non-hydrogen) atoms. The van der Waals surface area contributed by atoms with Crippen LogP contribution in [0.25, 0.3) is 77.4 Å². The van der Waals surface area contributed by atoms with Gasteiger partial charge in [-0.2, -0.15) is 0 Å². The number of hydrogen-bond acceptors (Lipinski definition) is 0. The fourth-order valence-corrected chi connectivity index (χ4v) is 7.94. The fourth-order valence-electron chi connectivity index (χ4n) is 7.94. The van der Waals surface area contributed by atoms with E-state index in [0.717, 1.165) is 0 Å². The summed E-state index contributed by atoms with van der Waals surface area (Å²) in [5.41, 5.74) is 18.2. The van der Waals surface area contributed by atoms with Gasteiger partial charge in [-0.3, -0.25) is 0 Å². The molecule has 202 valence electrons. The van der Waals surface area contributed by atoms with Gasteiger partial charge in [0.1, 0.15) is 0 Å². The van der Waals surface area contributed by atoms with E-state index in [-0.39, 0.29) is 6.85 Å². The second-order valence-corrected chi connectivity index (χ2v) is 12.1. The lowest BCUT2D eigenvalue weighted by molar-refractivity contribution is 1.31. The number of rotatable bonds is 3. The van der Waals surface area contributed by atoms with Crippen LogP contribution < -0.4 is 10.9 Å². The molecule has 2 aliphatic rings.